The number of ether oxygens (including phenoxy) is 1. The third-order valence-electron chi connectivity index (χ3n) is 2.86. The normalized spacial score (nSPS) is 10.3. The van der Waals surface area contributed by atoms with Gasteiger partial charge in [0, 0.05) is 10.4 Å². The van der Waals surface area contributed by atoms with Crippen molar-refractivity contribution in [1.29, 1.82) is 0 Å². The van der Waals surface area contributed by atoms with Crippen molar-refractivity contribution in [2.45, 2.75) is 13.3 Å². The maximum Gasteiger partial charge on any atom is 0.310 e. The number of halogens is 1. The number of ketones is 1. The third-order valence-corrected chi connectivity index (χ3v) is 3.95. The Balaban J connectivity index is 2.23. The minimum atomic E-state index is -0.364. The van der Waals surface area contributed by atoms with Gasteiger partial charge in [-0.05, 0) is 42.8 Å². The molecule has 0 saturated carbocycles. The van der Waals surface area contributed by atoms with E-state index in [0.717, 1.165) is 4.88 Å². The minimum Gasteiger partial charge on any atom is -0.469 e. The van der Waals surface area contributed by atoms with Crippen LogP contribution >= 0.6 is 11.3 Å². The maximum absolute atomic E-state index is 13.0. The van der Waals surface area contributed by atoms with Crippen molar-refractivity contribution in [3.05, 3.63) is 57.0 Å². The number of esters is 1. The van der Waals surface area contributed by atoms with Gasteiger partial charge < -0.3 is 4.74 Å². The quantitative estimate of drug-likeness (QED) is 0.642. The summed E-state index contributed by atoms with van der Waals surface area (Å²) in [6, 6.07) is 7.48. The highest BCUT2D eigenvalue weighted by atomic mass is 32.1. The summed E-state index contributed by atoms with van der Waals surface area (Å²) < 4.78 is 17.6. The first-order chi connectivity index (χ1) is 9.51. The fourth-order valence-electron chi connectivity index (χ4n) is 1.82. The van der Waals surface area contributed by atoms with Gasteiger partial charge in [0.05, 0.1) is 18.4 Å². The van der Waals surface area contributed by atoms with Gasteiger partial charge in [0.2, 0.25) is 5.78 Å². The SMILES string of the molecule is COC(=O)Cc1ccc(C(=O)c2ccc(F)cc2C)s1. The number of hydrogen-bond acceptors (Lipinski definition) is 4. The average molecular weight is 292 g/mol. The Morgan fingerprint density at radius 1 is 1.25 bits per heavy atom. The van der Waals surface area contributed by atoms with Gasteiger partial charge in [-0.1, -0.05) is 0 Å². The summed E-state index contributed by atoms with van der Waals surface area (Å²) in [5.41, 5.74) is 1.07. The van der Waals surface area contributed by atoms with Crippen molar-refractivity contribution >= 4 is 23.1 Å². The summed E-state index contributed by atoms with van der Waals surface area (Å²) in [6.45, 7) is 1.69. The zero-order valence-corrected chi connectivity index (χ0v) is 11.9. The lowest BCUT2D eigenvalue weighted by molar-refractivity contribution is -0.139. The van der Waals surface area contributed by atoms with Crippen molar-refractivity contribution in [2.75, 3.05) is 7.11 Å². The number of thiophene rings is 1. The molecular formula is C15H13FO3S. The molecule has 2 rings (SSSR count). The number of carbonyl (C=O) groups excluding carboxylic acids is 2. The predicted molar refractivity (Wildman–Crippen MR) is 74.6 cm³/mol. The Morgan fingerprint density at radius 2 is 2.00 bits per heavy atom. The lowest BCUT2D eigenvalue weighted by Crippen LogP contribution is -2.03. The molecule has 0 aliphatic heterocycles. The van der Waals surface area contributed by atoms with Gasteiger partial charge in [-0.25, -0.2) is 4.39 Å². The molecule has 3 nitrogen and oxygen atoms in total. The van der Waals surface area contributed by atoms with E-state index in [1.165, 1.54) is 36.6 Å². The maximum atomic E-state index is 13.0. The van der Waals surface area contributed by atoms with Crippen molar-refractivity contribution in [3.8, 4) is 0 Å². The van der Waals surface area contributed by atoms with Crippen molar-refractivity contribution < 1.29 is 18.7 Å². The van der Waals surface area contributed by atoms with E-state index in [1.807, 2.05) is 0 Å². The van der Waals surface area contributed by atoms with Crippen LogP contribution in [-0.2, 0) is 16.0 Å². The summed E-state index contributed by atoms with van der Waals surface area (Å²) in [5, 5.41) is 0. The van der Waals surface area contributed by atoms with Crippen LogP contribution in [-0.4, -0.2) is 18.9 Å². The van der Waals surface area contributed by atoms with Crippen LogP contribution < -0.4 is 0 Å². The van der Waals surface area contributed by atoms with E-state index < -0.39 is 0 Å². The van der Waals surface area contributed by atoms with Gasteiger partial charge in [-0.3, -0.25) is 9.59 Å². The Bertz CT molecular complexity index is 661. The van der Waals surface area contributed by atoms with Crippen LogP contribution in [0.1, 0.15) is 25.7 Å². The molecule has 104 valence electrons. The molecule has 0 amide bonds. The van der Waals surface area contributed by atoms with E-state index in [-0.39, 0.29) is 24.0 Å². The molecule has 2 aromatic rings. The van der Waals surface area contributed by atoms with Gasteiger partial charge in [0.25, 0.3) is 0 Å². The summed E-state index contributed by atoms with van der Waals surface area (Å²) in [5.74, 6) is -0.871. The molecule has 0 atom stereocenters. The standard InChI is InChI=1S/C15H13FO3S/c1-9-7-10(16)3-5-12(9)15(18)13-6-4-11(20-13)8-14(17)19-2/h3-7H,8H2,1-2H3. The van der Waals surface area contributed by atoms with E-state index in [9.17, 15) is 14.0 Å². The molecular weight excluding hydrogens is 279 g/mol. The summed E-state index contributed by atoms with van der Waals surface area (Å²) >= 11 is 1.25. The fraction of sp³-hybridized carbons (Fsp3) is 0.200. The molecule has 0 bridgehead atoms. The monoisotopic (exact) mass is 292 g/mol. The first-order valence-corrected chi connectivity index (χ1v) is 6.79. The average Bonchev–Trinajstić information content (AvgIpc) is 2.86. The van der Waals surface area contributed by atoms with Crippen molar-refractivity contribution in [1.82, 2.24) is 0 Å². The Labute approximate surface area is 120 Å². The van der Waals surface area contributed by atoms with Crippen LogP contribution in [0.25, 0.3) is 0 Å². The molecule has 0 spiro atoms. The Morgan fingerprint density at radius 3 is 2.65 bits per heavy atom. The number of hydrogen-bond donors (Lipinski definition) is 0. The Kier molecular flexibility index (Phi) is 4.29. The van der Waals surface area contributed by atoms with Gasteiger partial charge in [0.15, 0.2) is 0 Å². The van der Waals surface area contributed by atoms with Gasteiger partial charge in [-0.2, -0.15) is 0 Å². The van der Waals surface area contributed by atoms with Crippen LogP contribution in [0.4, 0.5) is 4.39 Å². The van der Waals surface area contributed by atoms with E-state index in [0.29, 0.717) is 16.0 Å². The molecule has 0 N–H and O–H groups in total. The van der Waals surface area contributed by atoms with Gasteiger partial charge in [-0.15, -0.1) is 11.3 Å². The highest BCUT2D eigenvalue weighted by Crippen LogP contribution is 2.22. The number of rotatable bonds is 4. The molecule has 1 aromatic carbocycles. The molecule has 1 heterocycles. The summed E-state index contributed by atoms with van der Waals surface area (Å²) in [7, 11) is 1.32. The highest BCUT2D eigenvalue weighted by molar-refractivity contribution is 7.14. The smallest absolute Gasteiger partial charge is 0.310 e. The molecule has 5 heteroatoms. The molecule has 20 heavy (non-hydrogen) atoms. The predicted octanol–water partition coefficient (Wildman–Crippen LogP) is 3.14. The molecule has 0 saturated heterocycles. The number of methoxy groups -OCH3 is 1. The molecule has 0 unspecified atom stereocenters. The van der Waals surface area contributed by atoms with Crippen LogP contribution in [0.2, 0.25) is 0 Å². The summed E-state index contributed by atoms with van der Waals surface area (Å²) in [4.78, 5) is 24.8. The highest BCUT2D eigenvalue weighted by Gasteiger charge is 2.15. The zero-order valence-electron chi connectivity index (χ0n) is 11.1. The second kappa shape index (κ2) is 5.96. The van der Waals surface area contributed by atoms with Crippen molar-refractivity contribution in [3.63, 3.8) is 0 Å². The Hall–Kier alpha value is -2.01. The zero-order chi connectivity index (χ0) is 14.7. The van der Waals surface area contributed by atoms with Crippen LogP contribution in [0.15, 0.2) is 30.3 Å². The molecule has 0 aliphatic carbocycles. The lowest BCUT2D eigenvalue weighted by Gasteiger charge is -2.03. The second-order valence-corrected chi connectivity index (χ2v) is 5.48. The second-order valence-electron chi connectivity index (χ2n) is 4.31. The fourth-order valence-corrected chi connectivity index (χ4v) is 2.77. The largest absolute Gasteiger partial charge is 0.469 e. The molecule has 0 fully saturated rings. The molecule has 1 aromatic heterocycles. The van der Waals surface area contributed by atoms with E-state index in [2.05, 4.69) is 4.74 Å². The molecule has 0 aliphatic rings. The van der Waals surface area contributed by atoms with E-state index >= 15 is 0 Å². The first-order valence-electron chi connectivity index (χ1n) is 5.97. The topological polar surface area (TPSA) is 43.4 Å². The van der Waals surface area contributed by atoms with Crippen LogP contribution in [0.3, 0.4) is 0 Å². The van der Waals surface area contributed by atoms with E-state index in [1.54, 1.807) is 19.1 Å². The summed E-state index contributed by atoms with van der Waals surface area (Å²) in [6.07, 6.45) is 0.150. The third kappa shape index (κ3) is 3.11. The number of benzene rings is 1. The number of carbonyl (C=O) groups is 2. The van der Waals surface area contributed by atoms with Crippen molar-refractivity contribution in [2.24, 2.45) is 0 Å². The lowest BCUT2D eigenvalue weighted by atomic mass is 10.0. The van der Waals surface area contributed by atoms with Gasteiger partial charge >= 0.3 is 5.97 Å². The van der Waals surface area contributed by atoms with Crippen LogP contribution in [0.5, 0.6) is 0 Å². The van der Waals surface area contributed by atoms with Crippen LogP contribution in [0, 0.1) is 12.7 Å². The van der Waals surface area contributed by atoms with Gasteiger partial charge in [0.1, 0.15) is 5.82 Å². The first kappa shape index (κ1) is 14.4. The number of aryl methyl sites for hydroxylation is 1. The molecule has 0 radical (unpaired) electrons. The van der Waals surface area contributed by atoms with E-state index in [4.69, 9.17) is 0 Å². The minimum absolute atomic E-state index is 0.150.